The minimum Gasteiger partial charge on any atom is -0.321 e. The van der Waals surface area contributed by atoms with E-state index in [9.17, 15) is 0 Å². The van der Waals surface area contributed by atoms with Crippen molar-refractivity contribution >= 4 is 11.3 Å². The number of nitrogens with two attached hydrogens (primary N) is 1. The molecule has 1 aliphatic rings. The van der Waals surface area contributed by atoms with E-state index < -0.39 is 0 Å². The Bertz CT molecular complexity index is 365. The Balaban J connectivity index is 2.13. The van der Waals surface area contributed by atoms with Crippen molar-refractivity contribution in [2.75, 3.05) is 0 Å². The predicted octanol–water partition coefficient (Wildman–Crippen LogP) is 4.34. The molecule has 1 atom stereocenters. The van der Waals surface area contributed by atoms with Crippen molar-refractivity contribution in [2.24, 2.45) is 5.73 Å². The Labute approximate surface area is 102 Å². The predicted molar refractivity (Wildman–Crippen MR) is 71.8 cm³/mol. The number of aryl methyl sites for hydroxylation is 1. The maximum atomic E-state index is 6.37. The lowest BCUT2D eigenvalue weighted by atomic mass is 9.91. The minimum atomic E-state index is 0.143. The summed E-state index contributed by atoms with van der Waals surface area (Å²) >= 11 is 1.76. The van der Waals surface area contributed by atoms with Crippen LogP contribution < -0.4 is 5.73 Å². The van der Waals surface area contributed by atoms with Gasteiger partial charge in [-0.15, -0.1) is 0 Å². The zero-order valence-electron chi connectivity index (χ0n) is 10.0. The van der Waals surface area contributed by atoms with E-state index in [-0.39, 0.29) is 6.04 Å². The van der Waals surface area contributed by atoms with Crippen LogP contribution in [0.15, 0.2) is 22.4 Å². The molecule has 0 fully saturated rings. The first-order valence-electron chi connectivity index (χ1n) is 6.26. The summed E-state index contributed by atoms with van der Waals surface area (Å²) in [5.74, 6) is 0. The van der Waals surface area contributed by atoms with E-state index in [2.05, 4.69) is 23.8 Å². The first kappa shape index (κ1) is 11.9. The molecule has 2 heteroatoms. The summed E-state index contributed by atoms with van der Waals surface area (Å²) in [6, 6.07) is 0.143. The molecule has 0 bridgehead atoms. The highest BCUT2D eigenvalue weighted by atomic mass is 32.1. The van der Waals surface area contributed by atoms with Crippen LogP contribution in [0.25, 0.3) is 0 Å². The van der Waals surface area contributed by atoms with Crippen LogP contribution in [0.3, 0.4) is 0 Å². The normalized spacial score (nSPS) is 23.0. The third-order valence-electron chi connectivity index (χ3n) is 3.46. The van der Waals surface area contributed by atoms with E-state index in [4.69, 9.17) is 5.73 Å². The molecule has 0 saturated carbocycles. The zero-order valence-corrected chi connectivity index (χ0v) is 10.9. The van der Waals surface area contributed by atoms with Gasteiger partial charge in [0.05, 0.1) is 6.04 Å². The standard InChI is InChI=1S/C14H21NS/c1-11-9-16-10-13(11)14(15)12-7-5-3-2-4-6-8-12/h7,9-10,14H,2-6,8,15H2,1H3/b12-7+. The summed E-state index contributed by atoms with van der Waals surface area (Å²) in [6.45, 7) is 2.16. The second-order valence-electron chi connectivity index (χ2n) is 4.72. The molecule has 0 spiro atoms. The van der Waals surface area contributed by atoms with Crippen LogP contribution in [0.1, 0.15) is 55.7 Å². The second-order valence-corrected chi connectivity index (χ2v) is 5.46. The number of allylic oxidation sites excluding steroid dienone is 1. The molecule has 1 nitrogen and oxygen atoms in total. The SMILES string of the molecule is Cc1cscc1C(N)/C1=C/CCCCCC1. The molecule has 1 heterocycles. The van der Waals surface area contributed by atoms with Crippen LogP contribution in [0.4, 0.5) is 0 Å². The van der Waals surface area contributed by atoms with E-state index >= 15 is 0 Å². The van der Waals surface area contributed by atoms with Gasteiger partial charge in [0, 0.05) is 0 Å². The molecular formula is C14H21NS. The third-order valence-corrected chi connectivity index (χ3v) is 4.34. The van der Waals surface area contributed by atoms with Crippen LogP contribution in [0, 0.1) is 6.92 Å². The van der Waals surface area contributed by atoms with Crippen LogP contribution in [0.2, 0.25) is 0 Å². The van der Waals surface area contributed by atoms with Gasteiger partial charge in [0.25, 0.3) is 0 Å². The van der Waals surface area contributed by atoms with E-state index in [1.165, 1.54) is 55.2 Å². The Kier molecular flexibility index (Phi) is 4.19. The topological polar surface area (TPSA) is 26.0 Å². The van der Waals surface area contributed by atoms with Crippen LogP contribution in [-0.4, -0.2) is 0 Å². The summed E-state index contributed by atoms with van der Waals surface area (Å²) < 4.78 is 0. The molecule has 0 amide bonds. The fraction of sp³-hybridized carbons (Fsp3) is 0.571. The van der Waals surface area contributed by atoms with Crippen LogP contribution >= 0.6 is 11.3 Å². The van der Waals surface area contributed by atoms with E-state index in [1.54, 1.807) is 11.3 Å². The molecule has 1 aromatic heterocycles. The van der Waals surface area contributed by atoms with Crippen molar-refractivity contribution in [1.29, 1.82) is 0 Å². The number of hydrogen-bond acceptors (Lipinski definition) is 2. The molecular weight excluding hydrogens is 214 g/mol. The van der Waals surface area contributed by atoms with Crippen molar-refractivity contribution in [3.05, 3.63) is 33.5 Å². The number of hydrogen-bond donors (Lipinski definition) is 1. The fourth-order valence-corrected chi connectivity index (χ4v) is 3.28. The van der Waals surface area contributed by atoms with Gasteiger partial charge >= 0.3 is 0 Å². The van der Waals surface area contributed by atoms with Crippen molar-refractivity contribution in [2.45, 2.75) is 51.5 Å². The Morgan fingerprint density at radius 2 is 2.00 bits per heavy atom. The van der Waals surface area contributed by atoms with Crippen molar-refractivity contribution in [3.8, 4) is 0 Å². The highest BCUT2D eigenvalue weighted by molar-refractivity contribution is 7.08. The van der Waals surface area contributed by atoms with Gasteiger partial charge in [-0.25, -0.2) is 0 Å². The van der Waals surface area contributed by atoms with Crippen LogP contribution in [-0.2, 0) is 0 Å². The smallest absolute Gasteiger partial charge is 0.0521 e. The zero-order chi connectivity index (χ0) is 11.4. The van der Waals surface area contributed by atoms with E-state index in [0.717, 1.165) is 0 Å². The lowest BCUT2D eigenvalue weighted by molar-refractivity contribution is 0.602. The summed E-state index contributed by atoms with van der Waals surface area (Å²) in [4.78, 5) is 0. The molecule has 0 aromatic carbocycles. The molecule has 0 radical (unpaired) electrons. The highest BCUT2D eigenvalue weighted by Crippen LogP contribution is 2.30. The average Bonchev–Trinajstić information content (AvgIpc) is 2.63. The van der Waals surface area contributed by atoms with Gasteiger partial charge in [-0.05, 0) is 54.5 Å². The molecule has 0 aliphatic heterocycles. The molecule has 0 saturated heterocycles. The monoisotopic (exact) mass is 235 g/mol. The van der Waals surface area contributed by atoms with Gasteiger partial charge in [-0.3, -0.25) is 0 Å². The fourth-order valence-electron chi connectivity index (χ4n) is 2.39. The second kappa shape index (κ2) is 5.65. The number of rotatable bonds is 2. The summed E-state index contributed by atoms with van der Waals surface area (Å²) in [5.41, 5.74) is 10.5. The Morgan fingerprint density at radius 1 is 1.19 bits per heavy atom. The lowest BCUT2D eigenvalue weighted by Crippen LogP contribution is -2.14. The first-order chi connectivity index (χ1) is 7.79. The van der Waals surface area contributed by atoms with Gasteiger partial charge in [-0.2, -0.15) is 11.3 Å². The third kappa shape index (κ3) is 2.74. The van der Waals surface area contributed by atoms with Gasteiger partial charge < -0.3 is 5.73 Å². The van der Waals surface area contributed by atoms with Crippen molar-refractivity contribution in [1.82, 2.24) is 0 Å². The highest BCUT2D eigenvalue weighted by Gasteiger charge is 2.15. The van der Waals surface area contributed by atoms with E-state index in [1.807, 2.05) is 0 Å². The molecule has 16 heavy (non-hydrogen) atoms. The van der Waals surface area contributed by atoms with Gasteiger partial charge in [0.15, 0.2) is 0 Å². The summed E-state index contributed by atoms with van der Waals surface area (Å²) in [5, 5.41) is 4.40. The molecule has 1 aliphatic carbocycles. The minimum absolute atomic E-state index is 0.143. The maximum Gasteiger partial charge on any atom is 0.0521 e. The molecule has 1 unspecified atom stereocenters. The van der Waals surface area contributed by atoms with Gasteiger partial charge in [0.2, 0.25) is 0 Å². The quantitative estimate of drug-likeness (QED) is 0.758. The number of thiophene rings is 1. The van der Waals surface area contributed by atoms with E-state index in [0.29, 0.717) is 0 Å². The van der Waals surface area contributed by atoms with Gasteiger partial charge in [0.1, 0.15) is 0 Å². The molecule has 88 valence electrons. The maximum absolute atomic E-state index is 6.37. The summed E-state index contributed by atoms with van der Waals surface area (Å²) in [7, 11) is 0. The molecule has 2 rings (SSSR count). The van der Waals surface area contributed by atoms with Crippen LogP contribution in [0.5, 0.6) is 0 Å². The summed E-state index contributed by atoms with van der Waals surface area (Å²) in [6.07, 6.45) is 10.2. The Morgan fingerprint density at radius 3 is 2.75 bits per heavy atom. The van der Waals surface area contributed by atoms with Gasteiger partial charge in [-0.1, -0.05) is 24.5 Å². The van der Waals surface area contributed by atoms with Crippen molar-refractivity contribution in [3.63, 3.8) is 0 Å². The average molecular weight is 235 g/mol. The largest absolute Gasteiger partial charge is 0.321 e. The lowest BCUT2D eigenvalue weighted by Gasteiger charge is -2.18. The first-order valence-corrected chi connectivity index (χ1v) is 7.20. The Hall–Kier alpha value is -0.600. The van der Waals surface area contributed by atoms with Crippen molar-refractivity contribution < 1.29 is 0 Å². The molecule has 1 aromatic rings. The molecule has 2 N–H and O–H groups in total.